The summed E-state index contributed by atoms with van der Waals surface area (Å²) in [6.07, 6.45) is 1.51. The van der Waals surface area contributed by atoms with Gasteiger partial charge in [0.15, 0.2) is 0 Å². The molecule has 0 saturated carbocycles. The lowest BCUT2D eigenvalue weighted by atomic mass is 10.0. The predicted octanol–water partition coefficient (Wildman–Crippen LogP) is 0.913. The van der Waals surface area contributed by atoms with Crippen molar-refractivity contribution in [3.8, 4) is 0 Å². The van der Waals surface area contributed by atoms with Crippen LogP contribution in [0.2, 0.25) is 0 Å². The maximum atomic E-state index is 12.2. The standard InChI is InChI=1S/C13H11BrN2O5S/c14-7-5-22-12-9(11(18)16(12)10(7)13(19)20)15-8(17)4-6-2-1-3-21-6/h1-3,9,12H,4-5H2,(H,15,17)(H,19,20)/t9?,12-/m1/s1. The van der Waals surface area contributed by atoms with Crippen LogP contribution in [0.4, 0.5) is 0 Å². The lowest BCUT2D eigenvalue weighted by Gasteiger charge is -2.48. The number of furan rings is 1. The summed E-state index contributed by atoms with van der Waals surface area (Å²) in [6.45, 7) is 0. The molecule has 2 aliphatic heterocycles. The van der Waals surface area contributed by atoms with E-state index in [-0.39, 0.29) is 23.4 Å². The van der Waals surface area contributed by atoms with Gasteiger partial charge in [0.05, 0.1) is 12.7 Å². The number of hydrogen-bond donors (Lipinski definition) is 2. The van der Waals surface area contributed by atoms with E-state index in [0.29, 0.717) is 16.0 Å². The molecule has 2 aliphatic rings. The molecule has 0 bridgehead atoms. The fourth-order valence-corrected chi connectivity index (χ4v) is 4.32. The van der Waals surface area contributed by atoms with Crippen molar-refractivity contribution in [3.63, 3.8) is 0 Å². The van der Waals surface area contributed by atoms with Gasteiger partial charge in [0, 0.05) is 10.2 Å². The van der Waals surface area contributed by atoms with Crippen LogP contribution in [0, 0.1) is 0 Å². The summed E-state index contributed by atoms with van der Waals surface area (Å²) in [5.41, 5.74) is -0.0507. The van der Waals surface area contributed by atoms with Crippen molar-refractivity contribution in [2.75, 3.05) is 5.75 Å². The molecule has 3 heterocycles. The Balaban J connectivity index is 1.68. The minimum absolute atomic E-state index is 0.0412. The first kappa shape index (κ1) is 15.2. The van der Waals surface area contributed by atoms with Gasteiger partial charge in [0.1, 0.15) is 22.9 Å². The van der Waals surface area contributed by atoms with Crippen molar-refractivity contribution in [2.24, 2.45) is 0 Å². The molecule has 9 heteroatoms. The molecule has 1 fully saturated rings. The zero-order chi connectivity index (χ0) is 15.9. The van der Waals surface area contributed by atoms with Gasteiger partial charge in [-0.15, -0.1) is 11.8 Å². The number of nitrogens with one attached hydrogen (secondary N) is 1. The van der Waals surface area contributed by atoms with Gasteiger partial charge in [-0.05, 0) is 12.1 Å². The van der Waals surface area contributed by atoms with Gasteiger partial charge < -0.3 is 14.8 Å². The Hall–Kier alpha value is -1.74. The highest BCUT2D eigenvalue weighted by Gasteiger charge is 2.53. The van der Waals surface area contributed by atoms with Crippen molar-refractivity contribution in [1.82, 2.24) is 10.2 Å². The Bertz CT molecular complexity index is 672. The first-order valence-electron chi connectivity index (χ1n) is 6.37. The number of rotatable bonds is 4. The number of fused-ring (bicyclic) bond motifs is 1. The normalized spacial score (nSPS) is 23.9. The highest BCUT2D eigenvalue weighted by Crippen LogP contribution is 2.41. The van der Waals surface area contributed by atoms with Crippen molar-refractivity contribution in [3.05, 3.63) is 34.3 Å². The molecule has 2 atom stereocenters. The fourth-order valence-electron chi connectivity index (χ4n) is 2.38. The molecule has 0 aliphatic carbocycles. The number of halogens is 1. The molecule has 1 unspecified atom stereocenters. The zero-order valence-corrected chi connectivity index (χ0v) is 13.5. The number of carboxylic acids is 1. The molecule has 0 aromatic carbocycles. The minimum Gasteiger partial charge on any atom is -0.477 e. The number of carbonyl (C=O) groups is 3. The smallest absolute Gasteiger partial charge is 0.353 e. The third kappa shape index (κ3) is 2.54. The molecule has 1 aromatic heterocycles. The molecule has 1 aromatic rings. The maximum Gasteiger partial charge on any atom is 0.353 e. The Morgan fingerprint density at radius 3 is 2.95 bits per heavy atom. The molecule has 0 spiro atoms. The van der Waals surface area contributed by atoms with Gasteiger partial charge in [-0.3, -0.25) is 14.5 Å². The quantitative estimate of drug-likeness (QED) is 0.746. The molecular formula is C13H11BrN2O5S. The molecule has 3 rings (SSSR count). The van der Waals surface area contributed by atoms with Crippen molar-refractivity contribution >= 4 is 45.5 Å². The third-order valence-corrected chi connectivity index (χ3v) is 5.66. The average molecular weight is 387 g/mol. The van der Waals surface area contributed by atoms with Crippen LogP contribution in [-0.2, 0) is 20.8 Å². The van der Waals surface area contributed by atoms with E-state index >= 15 is 0 Å². The van der Waals surface area contributed by atoms with Crippen molar-refractivity contribution in [1.29, 1.82) is 0 Å². The Morgan fingerprint density at radius 1 is 1.55 bits per heavy atom. The summed E-state index contributed by atoms with van der Waals surface area (Å²) in [4.78, 5) is 36.5. The van der Waals surface area contributed by atoms with E-state index in [2.05, 4.69) is 21.2 Å². The number of carboxylic acid groups (broad SMARTS) is 1. The van der Waals surface area contributed by atoms with Gasteiger partial charge in [-0.25, -0.2) is 4.79 Å². The summed E-state index contributed by atoms with van der Waals surface area (Å²) in [5.74, 6) is -0.962. The highest BCUT2D eigenvalue weighted by atomic mass is 79.9. The lowest BCUT2D eigenvalue weighted by molar-refractivity contribution is -0.150. The lowest BCUT2D eigenvalue weighted by Crippen LogP contribution is -2.70. The zero-order valence-electron chi connectivity index (χ0n) is 11.1. The minimum atomic E-state index is -1.16. The van der Waals surface area contributed by atoms with E-state index in [4.69, 9.17) is 4.42 Å². The molecule has 22 heavy (non-hydrogen) atoms. The summed E-state index contributed by atoms with van der Waals surface area (Å²) in [6, 6.07) is 2.64. The molecule has 7 nitrogen and oxygen atoms in total. The van der Waals surface area contributed by atoms with E-state index in [1.165, 1.54) is 22.9 Å². The molecule has 116 valence electrons. The van der Waals surface area contributed by atoms with Crippen molar-refractivity contribution in [2.45, 2.75) is 17.8 Å². The van der Waals surface area contributed by atoms with Crippen LogP contribution in [-0.4, -0.2) is 45.0 Å². The fraction of sp³-hybridized carbons (Fsp3) is 0.308. The summed E-state index contributed by atoms with van der Waals surface area (Å²) in [5, 5.41) is 11.4. The second-order valence-corrected chi connectivity index (χ2v) is 6.83. The number of hydrogen-bond acceptors (Lipinski definition) is 5. The number of thioether (sulfide) groups is 1. The van der Waals surface area contributed by atoms with Crippen LogP contribution in [0.15, 0.2) is 33.0 Å². The molecular weight excluding hydrogens is 376 g/mol. The number of aliphatic carboxylic acids is 1. The van der Waals surface area contributed by atoms with Crippen LogP contribution >= 0.6 is 27.7 Å². The van der Waals surface area contributed by atoms with E-state index in [1.807, 2.05) is 0 Å². The molecule has 2 N–H and O–H groups in total. The van der Waals surface area contributed by atoms with Crippen LogP contribution in [0.5, 0.6) is 0 Å². The Labute approximate surface area is 137 Å². The van der Waals surface area contributed by atoms with Crippen molar-refractivity contribution < 1.29 is 23.9 Å². The van der Waals surface area contributed by atoms with E-state index in [0.717, 1.165) is 0 Å². The van der Waals surface area contributed by atoms with E-state index < -0.39 is 17.9 Å². The van der Waals surface area contributed by atoms with Crippen LogP contribution in [0.3, 0.4) is 0 Å². The number of β-lactam (4-membered cyclic amide) rings is 1. The Kier molecular flexibility index (Phi) is 4.00. The number of carbonyl (C=O) groups excluding carboxylic acids is 2. The van der Waals surface area contributed by atoms with Crippen LogP contribution in [0.25, 0.3) is 0 Å². The molecule has 2 amide bonds. The van der Waals surface area contributed by atoms with Crippen LogP contribution < -0.4 is 5.32 Å². The first-order chi connectivity index (χ1) is 10.5. The topological polar surface area (TPSA) is 99.9 Å². The van der Waals surface area contributed by atoms with Crippen LogP contribution in [0.1, 0.15) is 5.76 Å². The first-order valence-corrected chi connectivity index (χ1v) is 8.21. The summed E-state index contributed by atoms with van der Waals surface area (Å²) >= 11 is 4.58. The average Bonchev–Trinajstić information content (AvgIpc) is 2.97. The van der Waals surface area contributed by atoms with E-state index in [9.17, 15) is 19.5 Å². The van der Waals surface area contributed by atoms with Gasteiger partial charge >= 0.3 is 5.97 Å². The highest BCUT2D eigenvalue weighted by molar-refractivity contribution is 9.11. The molecule has 1 saturated heterocycles. The summed E-state index contributed by atoms with van der Waals surface area (Å²) in [7, 11) is 0. The predicted molar refractivity (Wildman–Crippen MR) is 81.0 cm³/mol. The van der Waals surface area contributed by atoms with E-state index in [1.54, 1.807) is 12.1 Å². The summed E-state index contributed by atoms with van der Waals surface area (Å²) < 4.78 is 5.55. The Morgan fingerprint density at radius 2 is 2.32 bits per heavy atom. The second-order valence-electron chi connectivity index (χ2n) is 4.77. The van der Waals surface area contributed by atoms with Gasteiger partial charge in [-0.2, -0.15) is 0 Å². The second kappa shape index (κ2) is 5.81. The largest absolute Gasteiger partial charge is 0.477 e. The maximum absolute atomic E-state index is 12.2. The van der Waals surface area contributed by atoms with Gasteiger partial charge in [-0.1, -0.05) is 15.9 Å². The third-order valence-electron chi connectivity index (χ3n) is 3.36. The number of amides is 2. The van der Waals surface area contributed by atoms with Gasteiger partial charge in [0.25, 0.3) is 5.91 Å². The molecule has 0 radical (unpaired) electrons. The number of nitrogens with zero attached hydrogens (tertiary/aromatic N) is 1. The monoisotopic (exact) mass is 386 g/mol. The SMILES string of the molecule is O=C(Cc1ccco1)NC1C(=O)N2C(C(=O)O)=C(Br)CS[C@H]12. The van der Waals surface area contributed by atoms with Gasteiger partial charge in [0.2, 0.25) is 5.91 Å².